The first-order valence-electron chi connectivity index (χ1n) is 6.78. The molecule has 23 heavy (non-hydrogen) atoms. The molecule has 1 aliphatic rings. The summed E-state index contributed by atoms with van der Waals surface area (Å²) in [5.41, 5.74) is -0.116. The molecule has 0 saturated heterocycles. The number of phenolic OH excluding ortho intramolecular Hbond substituents is 1. The van der Waals surface area contributed by atoms with Gasteiger partial charge in [0.2, 0.25) is 5.75 Å². The van der Waals surface area contributed by atoms with Gasteiger partial charge < -0.3 is 5.11 Å². The average molecular weight is 333 g/mol. The van der Waals surface area contributed by atoms with Crippen molar-refractivity contribution in [3.05, 3.63) is 44.4 Å². The summed E-state index contributed by atoms with van der Waals surface area (Å²) in [7, 11) is 0. The number of nitrogens with zero attached hydrogens (tertiary/aromatic N) is 2. The lowest BCUT2D eigenvalue weighted by molar-refractivity contribution is -0.385. The summed E-state index contributed by atoms with van der Waals surface area (Å²) in [5, 5.41) is 23.3. The van der Waals surface area contributed by atoms with Gasteiger partial charge in [-0.3, -0.25) is 25.0 Å². The normalized spacial score (nSPS) is 13.5. The molecule has 118 valence electrons. The van der Waals surface area contributed by atoms with Gasteiger partial charge in [-0.25, -0.2) is 4.98 Å². The number of aromatic hydroxyl groups is 1. The third-order valence-corrected chi connectivity index (χ3v) is 4.50. The number of aryl methyl sites for hydroxylation is 1. The molecule has 1 amide bonds. The first-order chi connectivity index (χ1) is 11.0. The molecule has 0 spiro atoms. The molecule has 0 bridgehead atoms. The lowest BCUT2D eigenvalue weighted by Crippen LogP contribution is -2.12. The Morgan fingerprint density at radius 2 is 2.17 bits per heavy atom. The third-order valence-electron chi connectivity index (χ3n) is 3.44. The first-order valence-corrected chi connectivity index (χ1v) is 7.59. The second-order valence-electron chi connectivity index (χ2n) is 4.96. The van der Waals surface area contributed by atoms with Crippen LogP contribution in [0, 0.1) is 10.1 Å². The molecule has 3 rings (SSSR count). The van der Waals surface area contributed by atoms with Gasteiger partial charge in [0.15, 0.2) is 10.9 Å². The third kappa shape index (κ3) is 2.78. The molecule has 1 aromatic heterocycles. The number of phenols is 1. The highest BCUT2D eigenvalue weighted by atomic mass is 32.1. The van der Waals surface area contributed by atoms with Crippen molar-refractivity contribution in [1.29, 1.82) is 0 Å². The topological polar surface area (TPSA) is 122 Å². The summed E-state index contributed by atoms with van der Waals surface area (Å²) in [6.07, 6.45) is 1.87. The maximum Gasteiger partial charge on any atom is 0.311 e. The van der Waals surface area contributed by atoms with Gasteiger partial charge in [-0.05, 0) is 18.9 Å². The van der Waals surface area contributed by atoms with Crippen molar-refractivity contribution >= 4 is 33.8 Å². The Balaban J connectivity index is 1.87. The van der Waals surface area contributed by atoms with E-state index in [0.717, 1.165) is 23.8 Å². The number of nitro groups is 1. The molecule has 0 fully saturated rings. The zero-order valence-electron chi connectivity index (χ0n) is 11.7. The van der Waals surface area contributed by atoms with Crippen molar-refractivity contribution < 1.29 is 19.6 Å². The zero-order chi connectivity index (χ0) is 16.6. The van der Waals surface area contributed by atoms with Crippen LogP contribution in [0.1, 0.15) is 38.6 Å². The number of rotatable bonds is 3. The number of aromatic nitrogens is 1. The van der Waals surface area contributed by atoms with E-state index in [9.17, 15) is 24.8 Å². The molecule has 0 radical (unpaired) electrons. The van der Waals surface area contributed by atoms with Crippen LogP contribution in [0.3, 0.4) is 0 Å². The number of carbonyl (C=O) groups is 2. The van der Waals surface area contributed by atoms with Gasteiger partial charge in [0, 0.05) is 12.5 Å². The number of carbonyl (C=O) groups excluding carboxylic acids is 2. The van der Waals surface area contributed by atoms with Crippen molar-refractivity contribution in [2.75, 3.05) is 5.32 Å². The molecule has 2 aromatic rings. The van der Waals surface area contributed by atoms with Crippen molar-refractivity contribution in [3.8, 4) is 5.75 Å². The van der Waals surface area contributed by atoms with Gasteiger partial charge in [-0.15, -0.1) is 0 Å². The summed E-state index contributed by atoms with van der Waals surface area (Å²) < 4.78 is 0. The highest BCUT2D eigenvalue weighted by molar-refractivity contribution is 7.17. The van der Waals surface area contributed by atoms with E-state index in [1.165, 1.54) is 12.1 Å². The molecule has 9 heteroatoms. The van der Waals surface area contributed by atoms with E-state index >= 15 is 0 Å². The molecule has 0 atom stereocenters. The van der Waals surface area contributed by atoms with Crippen LogP contribution in [0.4, 0.5) is 10.8 Å². The van der Waals surface area contributed by atoms with E-state index in [4.69, 9.17) is 0 Å². The van der Waals surface area contributed by atoms with E-state index in [1.807, 2.05) is 0 Å². The maximum absolute atomic E-state index is 12.2. The van der Waals surface area contributed by atoms with Crippen LogP contribution in [0.5, 0.6) is 5.75 Å². The van der Waals surface area contributed by atoms with Crippen molar-refractivity contribution in [1.82, 2.24) is 4.98 Å². The largest absolute Gasteiger partial charge is 0.502 e. The Labute approximate surface area is 133 Å². The second kappa shape index (κ2) is 5.76. The number of benzene rings is 1. The molecule has 8 nitrogen and oxygen atoms in total. The van der Waals surface area contributed by atoms with Crippen LogP contribution in [-0.4, -0.2) is 26.7 Å². The monoisotopic (exact) mass is 333 g/mol. The highest BCUT2D eigenvalue weighted by Gasteiger charge is 2.25. The SMILES string of the molecule is O=C(Nc1nc2c(s1)C(=O)CCC2)c1cccc([N+](=O)[O-])c1O. The fourth-order valence-electron chi connectivity index (χ4n) is 2.35. The van der Waals surface area contributed by atoms with E-state index in [1.54, 1.807) is 0 Å². The number of para-hydroxylation sites is 1. The molecule has 1 heterocycles. The molecule has 1 aromatic carbocycles. The molecule has 0 unspecified atom stereocenters. The average Bonchev–Trinajstić information content (AvgIpc) is 2.91. The Hall–Kier alpha value is -2.81. The minimum atomic E-state index is -0.771. The first kappa shape index (κ1) is 15.1. The summed E-state index contributed by atoms with van der Waals surface area (Å²) in [5.74, 6) is -1.42. The van der Waals surface area contributed by atoms with Gasteiger partial charge >= 0.3 is 5.69 Å². The second-order valence-corrected chi connectivity index (χ2v) is 5.96. The number of fused-ring (bicyclic) bond motifs is 1. The molecule has 2 N–H and O–H groups in total. The van der Waals surface area contributed by atoms with Crippen LogP contribution in [0.2, 0.25) is 0 Å². The fraction of sp³-hybridized carbons (Fsp3) is 0.214. The summed E-state index contributed by atoms with van der Waals surface area (Å²) >= 11 is 1.07. The van der Waals surface area contributed by atoms with Gasteiger partial charge in [-0.2, -0.15) is 0 Å². The Kier molecular flexibility index (Phi) is 3.78. The predicted octanol–water partition coefficient (Wildman–Crippen LogP) is 2.53. The van der Waals surface area contributed by atoms with Gasteiger partial charge in [0.25, 0.3) is 5.91 Å². The standard InChI is InChI=1S/C14H11N3O5S/c18-10-6-2-4-8-12(10)23-14(15-8)16-13(20)7-3-1-5-9(11(7)19)17(21)22/h1,3,5,19H,2,4,6H2,(H,15,16,20). The van der Waals surface area contributed by atoms with Gasteiger partial charge in [0.05, 0.1) is 21.1 Å². The smallest absolute Gasteiger partial charge is 0.311 e. The van der Waals surface area contributed by atoms with Crippen LogP contribution in [-0.2, 0) is 6.42 Å². The molecule has 1 aliphatic carbocycles. The minimum Gasteiger partial charge on any atom is -0.502 e. The molecule has 0 saturated carbocycles. The van der Waals surface area contributed by atoms with Crippen molar-refractivity contribution in [2.24, 2.45) is 0 Å². The lowest BCUT2D eigenvalue weighted by atomic mass is 10.0. The van der Waals surface area contributed by atoms with Crippen LogP contribution >= 0.6 is 11.3 Å². The summed E-state index contributed by atoms with van der Waals surface area (Å²) in [4.78, 5) is 38.7. The summed E-state index contributed by atoms with van der Waals surface area (Å²) in [6, 6.07) is 3.69. The van der Waals surface area contributed by atoms with Crippen molar-refractivity contribution in [3.63, 3.8) is 0 Å². The quantitative estimate of drug-likeness (QED) is 0.657. The van der Waals surface area contributed by atoms with E-state index in [0.29, 0.717) is 23.4 Å². The Morgan fingerprint density at radius 3 is 2.87 bits per heavy atom. The van der Waals surface area contributed by atoms with Gasteiger partial charge in [-0.1, -0.05) is 17.4 Å². The number of ketones is 1. The Bertz CT molecular complexity index is 830. The van der Waals surface area contributed by atoms with E-state index < -0.39 is 22.3 Å². The molecular weight excluding hydrogens is 322 g/mol. The predicted molar refractivity (Wildman–Crippen MR) is 82.1 cm³/mol. The number of amides is 1. The fourth-order valence-corrected chi connectivity index (χ4v) is 3.32. The van der Waals surface area contributed by atoms with Gasteiger partial charge in [0.1, 0.15) is 0 Å². The number of anilines is 1. The number of Topliss-reactive ketones (excluding diaryl/α,β-unsaturated/α-hetero) is 1. The minimum absolute atomic E-state index is 0.00226. The van der Waals surface area contributed by atoms with Crippen LogP contribution < -0.4 is 5.32 Å². The lowest BCUT2D eigenvalue weighted by Gasteiger charge is -2.05. The van der Waals surface area contributed by atoms with Crippen LogP contribution in [0.15, 0.2) is 18.2 Å². The highest BCUT2D eigenvalue weighted by Crippen LogP contribution is 2.32. The van der Waals surface area contributed by atoms with E-state index in [2.05, 4.69) is 10.3 Å². The van der Waals surface area contributed by atoms with Crippen LogP contribution in [0.25, 0.3) is 0 Å². The Morgan fingerprint density at radius 1 is 1.39 bits per heavy atom. The number of hydrogen-bond donors (Lipinski definition) is 2. The number of nitrogens with one attached hydrogen (secondary N) is 1. The van der Waals surface area contributed by atoms with Crippen molar-refractivity contribution in [2.45, 2.75) is 19.3 Å². The number of thiazole rings is 1. The van der Waals surface area contributed by atoms with E-state index in [-0.39, 0.29) is 16.5 Å². The number of nitro benzene ring substituents is 1. The maximum atomic E-state index is 12.2. The summed E-state index contributed by atoms with van der Waals surface area (Å²) in [6.45, 7) is 0. The molecule has 0 aliphatic heterocycles. The molecular formula is C14H11N3O5S. The zero-order valence-corrected chi connectivity index (χ0v) is 12.6. The number of hydrogen-bond acceptors (Lipinski definition) is 7.